The molecule has 0 fully saturated rings. The van der Waals surface area contributed by atoms with Gasteiger partial charge < -0.3 is 4.74 Å². The minimum Gasteiger partial charge on any atom is -0.474 e. The molecule has 1 N–H and O–H groups in total. The molecule has 2 nitrogen and oxygen atoms in total. The molecule has 0 amide bonds. The van der Waals surface area contributed by atoms with Crippen LogP contribution < -0.4 is 0 Å². The molecule has 5 heteroatoms. The summed E-state index contributed by atoms with van der Waals surface area (Å²) in [5.41, 5.74) is 2.26. The molecule has 0 atom stereocenters. The monoisotopic (exact) mass is 291 g/mol. The smallest absolute Gasteiger partial charge is 0.265 e. The molecule has 1 aromatic rings. The molecule has 0 aliphatic carbocycles. The molecule has 0 aliphatic rings. The van der Waals surface area contributed by atoms with E-state index in [-0.39, 0.29) is 12.5 Å². The Balaban J connectivity index is 2.47. The first-order chi connectivity index (χ1) is 7.91. The first-order valence-electron chi connectivity index (χ1n) is 4.92. The van der Waals surface area contributed by atoms with Gasteiger partial charge >= 0.3 is 0 Å². The Morgan fingerprint density at radius 1 is 1.35 bits per heavy atom. The summed E-state index contributed by atoms with van der Waals surface area (Å²) in [6.07, 6.45) is 3.67. The third-order valence-electron chi connectivity index (χ3n) is 2.07. The van der Waals surface area contributed by atoms with Crippen molar-refractivity contribution in [2.24, 2.45) is 0 Å². The highest BCUT2D eigenvalue weighted by Crippen LogP contribution is 2.27. The highest BCUT2D eigenvalue weighted by atomic mass is 35.6. The Bertz CT molecular complexity index is 424. The molecule has 1 rings (SSSR count). The summed E-state index contributed by atoms with van der Waals surface area (Å²) in [7, 11) is 0. The normalized spacial score (nSPS) is 11.8. The van der Waals surface area contributed by atoms with Crippen LogP contribution in [0.4, 0.5) is 0 Å². The fourth-order valence-corrected chi connectivity index (χ4v) is 1.33. The number of halogens is 3. The van der Waals surface area contributed by atoms with E-state index in [2.05, 4.69) is 0 Å². The molecule has 0 heterocycles. The van der Waals surface area contributed by atoms with E-state index >= 15 is 0 Å². The average molecular weight is 293 g/mol. The molecular formula is C12H12Cl3NO. The topological polar surface area (TPSA) is 33.1 Å². The summed E-state index contributed by atoms with van der Waals surface area (Å²) in [5.74, 6) is -0.378. The molecule has 0 saturated heterocycles. The van der Waals surface area contributed by atoms with Gasteiger partial charge in [-0.15, -0.1) is 0 Å². The van der Waals surface area contributed by atoms with Gasteiger partial charge in [0.25, 0.3) is 3.79 Å². The predicted molar refractivity (Wildman–Crippen MR) is 74.2 cm³/mol. The molecule has 0 spiro atoms. The standard InChI is InChI=1S/C12H12Cl3NO/c1-9-5-2-3-6-10(9)7-4-8-17-11(16)12(13,14)15/h2-7,16H,8H2,1H3/b7-4+,16-11?. The van der Waals surface area contributed by atoms with E-state index < -0.39 is 3.79 Å². The highest BCUT2D eigenvalue weighted by Gasteiger charge is 2.28. The van der Waals surface area contributed by atoms with Crippen LogP contribution in [-0.4, -0.2) is 16.3 Å². The van der Waals surface area contributed by atoms with Crippen LogP contribution in [0.15, 0.2) is 30.3 Å². The Morgan fingerprint density at radius 2 is 2.00 bits per heavy atom. The maximum Gasteiger partial charge on any atom is 0.265 e. The van der Waals surface area contributed by atoms with E-state index in [9.17, 15) is 0 Å². The molecule has 0 bridgehead atoms. The number of ether oxygens (including phenoxy) is 1. The second-order valence-electron chi connectivity index (χ2n) is 3.40. The van der Waals surface area contributed by atoms with Gasteiger partial charge in [0, 0.05) is 0 Å². The number of hydrogen-bond donors (Lipinski definition) is 1. The number of benzene rings is 1. The van der Waals surface area contributed by atoms with Crippen molar-refractivity contribution in [2.45, 2.75) is 10.7 Å². The first-order valence-corrected chi connectivity index (χ1v) is 6.05. The summed E-state index contributed by atoms with van der Waals surface area (Å²) in [5, 5.41) is 7.31. The Morgan fingerprint density at radius 3 is 2.59 bits per heavy atom. The quantitative estimate of drug-likeness (QED) is 0.501. The first kappa shape index (κ1) is 14.4. The Kier molecular flexibility index (Phi) is 5.31. The van der Waals surface area contributed by atoms with Crippen LogP contribution in [0.25, 0.3) is 6.08 Å². The zero-order chi connectivity index (χ0) is 12.9. The number of alkyl halides is 3. The minimum atomic E-state index is -1.80. The van der Waals surface area contributed by atoms with Crippen LogP contribution >= 0.6 is 34.8 Å². The van der Waals surface area contributed by atoms with Crippen molar-refractivity contribution in [1.82, 2.24) is 0 Å². The van der Waals surface area contributed by atoms with E-state index in [0.717, 1.165) is 5.56 Å². The van der Waals surface area contributed by atoms with Crippen LogP contribution in [0.3, 0.4) is 0 Å². The number of rotatable bonds is 3. The fraction of sp³-hybridized carbons (Fsp3) is 0.250. The van der Waals surface area contributed by atoms with Gasteiger partial charge in [0.15, 0.2) is 0 Å². The number of aryl methyl sites for hydroxylation is 1. The third kappa shape index (κ3) is 4.99. The molecule has 0 aromatic heterocycles. The van der Waals surface area contributed by atoms with Gasteiger partial charge in [-0.25, -0.2) is 0 Å². The van der Waals surface area contributed by atoms with Crippen LogP contribution in [-0.2, 0) is 4.74 Å². The van der Waals surface area contributed by atoms with Crippen molar-refractivity contribution in [1.29, 1.82) is 5.41 Å². The van der Waals surface area contributed by atoms with Crippen molar-refractivity contribution in [3.8, 4) is 0 Å². The third-order valence-corrected chi connectivity index (χ3v) is 2.58. The van der Waals surface area contributed by atoms with Crippen LogP contribution in [0.5, 0.6) is 0 Å². The van der Waals surface area contributed by atoms with Gasteiger partial charge in [-0.1, -0.05) is 65.1 Å². The van der Waals surface area contributed by atoms with Crippen molar-refractivity contribution in [2.75, 3.05) is 6.61 Å². The predicted octanol–water partition coefficient (Wildman–Crippen LogP) is 4.37. The van der Waals surface area contributed by atoms with Gasteiger partial charge in [-0.2, -0.15) is 0 Å². The molecule has 0 unspecified atom stereocenters. The molecular weight excluding hydrogens is 280 g/mol. The SMILES string of the molecule is Cc1ccccc1/C=C/COC(=N)C(Cl)(Cl)Cl. The lowest BCUT2D eigenvalue weighted by Gasteiger charge is -2.11. The molecule has 0 saturated carbocycles. The summed E-state index contributed by atoms with van der Waals surface area (Å²) < 4.78 is 3.17. The summed E-state index contributed by atoms with van der Waals surface area (Å²) in [6, 6.07) is 7.94. The average Bonchev–Trinajstić information content (AvgIpc) is 2.25. The van der Waals surface area contributed by atoms with E-state index in [1.807, 2.05) is 37.3 Å². The van der Waals surface area contributed by atoms with E-state index in [4.69, 9.17) is 44.9 Å². The number of nitrogens with one attached hydrogen (secondary N) is 1. The highest BCUT2D eigenvalue weighted by molar-refractivity contribution is 6.76. The molecule has 0 aliphatic heterocycles. The second kappa shape index (κ2) is 6.29. The van der Waals surface area contributed by atoms with Crippen LogP contribution in [0.1, 0.15) is 11.1 Å². The fourth-order valence-electron chi connectivity index (χ4n) is 1.16. The lowest BCUT2D eigenvalue weighted by atomic mass is 10.1. The Hall–Kier alpha value is -0.700. The summed E-state index contributed by atoms with van der Waals surface area (Å²) in [6.45, 7) is 2.21. The lowest BCUT2D eigenvalue weighted by Crippen LogP contribution is -2.21. The van der Waals surface area contributed by atoms with Crippen LogP contribution in [0, 0.1) is 12.3 Å². The van der Waals surface area contributed by atoms with E-state index in [1.165, 1.54) is 5.56 Å². The largest absolute Gasteiger partial charge is 0.474 e. The summed E-state index contributed by atoms with van der Waals surface area (Å²) in [4.78, 5) is 0. The van der Waals surface area contributed by atoms with Gasteiger partial charge in [0.1, 0.15) is 6.61 Å². The van der Waals surface area contributed by atoms with Crippen molar-refractivity contribution in [3.05, 3.63) is 41.5 Å². The molecule has 1 aromatic carbocycles. The van der Waals surface area contributed by atoms with Crippen LogP contribution in [0.2, 0.25) is 0 Å². The Labute approximate surface area is 116 Å². The molecule has 0 radical (unpaired) electrons. The van der Waals surface area contributed by atoms with Crippen molar-refractivity contribution in [3.63, 3.8) is 0 Å². The maximum atomic E-state index is 7.31. The number of hydrogen-bond acceptors (Lipinski definition) is 2. The van der Waals surface area contributed by atoms with Gasteiger partial charge in [0.2, 0.25) is 5.90 Å². The van der Waals surface area contributed by atoms with Gasteiger partial charge in [0.05, 0.1) is 0 Å². The second-order valence-corrected chi connectivity index (χ2v) is 5.68. The lowest BCUT2D eigenvalue weighted by molar-refractivity contribution is 0.341. The summed E-state index contributed by atoms with van der Waals surface area (Å²) >= 11 is 16.4. The zero-order valence-electron chi connectivity index (χ0n) is 9.21. The van der Waals surface area contributed by atoms with E-state index in [0.29, 0.717) is 0 Å². The minimum absolute atomic E-state index is 0.196. The van der Waals surface area contributed by atoms with E-state index in [1.54, 1.807) is 6.08 Å². The molecule has 17 heavy (non-hydrogen) atoms. The van der Waals surface area contributed by atoms with Gasteiger partial charge in [-0.3, -0.25) is 5.41 Å². The van der Waals surface area contributed by atoms with Crippen molar-refractivity contribution < 1.29 is 4.74 Å². The molecule has 92 valence electrons. The maximum absolute atomic E-state index is 7.31. The van der Waals surface area contributed by atoms with Gasteiger partial charge in [-0.05, 0) is 24.1 Å². The zero-order valence-corrected chi connectivity index (χ0v) is 11.5. The van der Waals surface area contributed by atoms with Crippen molar-refractivity contribution >= 4 is 46.8 Å².